The van der Waals surface area contributed by atoms with Gasteiger partial charge in [0.05, 0.1) is 27.1 Å². The van der Waals surface area contributed by atoms with E-state index in [1.807, 2.05) is 19.9 Å². The van der Waals surface area contributed by atoms with Gasteiger partial charge in [-0.2, -0.15) is 5.10 Å². The molecular weight excluding hydrogens is 245 g/mol. The van der Waals surface area contributed by atoms with Crippen LogP contribution in [0.5, 0.6) is 0 Å². The standard InChI is InChI=1S/C11H11Cl2N3/c1-6-3-10(14)8(12)4-11(6)16-5-9(13)7(2)15-16/h3-5H,14H2,1-2H3. The van der Waals surface area contributed by atoms with Gasteiger partial charge in [-0.25, -0.2) is 4.68 Å². The lowest BCUT2D eigenvalue weighted by Gasteiger charge is -2.08. The number of hydrogen-bond donors (Lipinski definition) is 1. The molecule has 0 spiro atoms. The highest BCUT2D eigenvalue weighted by molar-refractivity contribution is 6.33. The highest BCUT2D eigenvalue weighted by Crippen LogP contribution is 2.26. The number of anilines is 1. The van der Waals surface area contributed by atoms with Crippen LogP contribution in [0.3, 0.4) is 0 Å². The number of halogens is 2. The van der Waals surface area contributed by atoms with E-state index in [2.05, 4.69) is 5.10 Å². The van der Waals surface area contributed by atoms with Crippen molar-refractivity contribution in [3.05, 3.63) is 39.6 Å². The number of hydrogen-bond acceptors (Lipinski definition) is 2. The first-order valence-corrected chi connectivity index (χ1v) is 5.52. The van der Waals surface area contributed by atoms with E-state index in [1.165, 1.54) is 0 Å². The molecule has 16 heavy (non-hydrogen) atoms. The van der Waals surface area contributed by atoms with Crippen LogP contribution in [-0.4, -0.2) is 9.78 Å². The molecule has 0 saturated carbocycles. The van der Waals surface area contributed by atoms with Crippen LogP contribution in [0.1, 0.15) is 11.3 Å². The molecule has 5 heteroatoms. The zero-order valence-corrected chi connectivity index (χ0v) is 10.5. The molecule has 0 radical (unpaired) electrons. The topological polar surface area (TPSA) is 43.8 Å². The van der Waals surface area contributed by atoms with Gasteiger partial charge in [0.15, 0.2) is 0 Å². The van der Waals surface area contributed by atoms with Crippen LogP contribution < -0.4 is 5.73 Å². The van der Waals surface area contributed by atoms with Crippen molar-refractivity contribution in [2.45, 2.75) is 13.8 Å². The van der Waals surface area contributed by atoms with E-state index in [1.54, 1.807) is 16.9 Å². The molecule has 3 nitrogen and oxygen atoms in total. The fraction of sp³-hybridized carbons (Fsp3) is 0.182. The first kappa shape index (κ1) is 11.3. The van der Waals surface area contributed by atoms with Crippen molar-refractivity contribution in [2.24, 2.45) is 0 Å². The quantitative estimate of drug-likeness (QED) is 0.795. The van der Waals surface area contributed by atoms with Gasteiger partial charge in [-0.05, 0) is 31.5 Å². The van der Waals surface area contributed by atoms with Crippen molar-refractivity contribution in [1.29, 1.82) is 0 Å². The SMILES string of the molecule is Cc1cc(N)c(Cl)cc1-n1cc(Cl)c(C)n1. The maximum absolute atomic E-state index is 5.98. The molecule has 0 bridgehead atoms. The number of rotatable bonds is 1. The molecule has 2 rings (SSSR count). The van der Waals surface area contributed by atoms with Crippen LogP contribution in [-0.2, 0) is 0 Å². The molecule has 0 aliphatic heterocycles. The Hall–Kier alpha value is -1.19. The second-order valence-electron chi connectivity index (χ2n) is 3.67. The minimum Gasteiger partial charge on any atom is -0.398 e. The molecule has 0 unspecified atom stereocenters. The lowest BCUT2D eigenvalue weighted by Crippen LogP contribution is -1.99. The molecule has 2 N–H and O–H groups in total. The third kappa shape index (κ3) is 1.88. The molecule has 84 valence electrons. The third-order valence-electron chi connectivity index (χ3n) is 2.40. The van der Waals surface area contributed by atoms with Gasteiger partial charge in [0.25, 0.3) is 0 Å². The summed E-state index contributed by atoms with van der Waals surface area (Å²) in [5.74, 6) is 0. The first-order chi connectivity index (χ1) is 7.49. The summed E-state index contributed by atoms with van der Waals surface area (Å²) in [6, 6.07) is 3.61. The Kier molecular flexibility index (Phi) is 2.82. The molecule has 0 saturated heterocycles. The Morgan fingerprint density at radius 1 is 1.19 bits per heavy atom. The molecule has 1 heterocycles. The van der Waals surface area contributed by atoms with E-state index in [0.717, 1.165) is 16.9 Å². The summed E-state index contributed by atoms with van der Waals surface area (Å²) in [5, 5.41) is 5.45. The summed E-state index contributed by atoms with van der Waals surface area (Å²) in [6.07, 6.45) is 1.76. The van der Waals surface area contributed by atoms with Gasteiger partial charge in [-0.3, -0.25) is 0 Å². The molecular formula is C11H11Cl2N3. The minimum absolute atomic E-state index is 0.518. The molecule has 0 aliphatic carbocycles. The van der Waals surface area contributed by atoms with Gasteiger partial charge in [0, 0.05) is 6.20 Å². The fourth-order valence-corrected chi connectivity index (χ4v) is 1.79. The van der Waals surface area contributed by atoms with Crippen LogP contribution in [0.4, 0.5) is 5.69 Å². The molecule has 0 fully saturated rings. The number of aromatic nitrogens is 2. The van der Waals surface area contributed by atoms with E-state index >= 15 is 0 Å². The molecule has 0 atom stereocenters. The number of nitrogens with two attached hydrogens (primary N) is 1. The summed E-state index contributed by atoms with van der Waals surface area (Å²) >= 11 is 11.9. The number of benzene rings is 1. The molecule has 1 aromatic heterocycles. The van der Waals surface area contributed by atoms with Gasteiger partial charge >= 0.3 is 0 Å². The lowest BCUT2D eigenvalue weighted by molar-refractivity contribution is 0.856. The van der Waals surface area contributed by atoms with Crippen molar-refractivity contribution in [3.63, 3.8) is 0 Å². The van der Waals surface area contributed by atoms with Crippen molar-refractivity contribution in [1.82, 2.24) is 9.78 Å². The van der Waals surface area contributed by atoms with Crippen molar-refractivity contribution < 1.29 is 0 Å². The third-order valence-corrected chi connectivity index (χ3v) is 3.10. The Morgan fingerprint density at radius 2 is 1.88 bits per heavy atom. The van der Waals surface area contributed by atoms with Gasteiger partial charge < -0.3 is 5.73 Å². The van der Waals surface area contributed by atoms with Crippen molar-refractivity contribution >= 4 is 28.9 Å². The van der Waals surface area contributed by atoms with E-state index in [9.17, 15) is 0 Å². The van der Waals surface area contributed by atoms with Crippen LogP contribution in [0.2, 0.25) is 10.0 Å². The minimum atomic E-state index is 0.518. The van der Waals surface area contributed by atoms with E-state index in [4.69, 9.17) is 28.9 Å². The van der Waals surface area contributed by atoms with Gasteiger partial charge in [-0.1, -0.05) is 23.2 Å². The van der Waals surface area contributed by atoms with Crippen molar-refractivity contribution in [3.8, 4) is 5.69 Å². The largest absolute Gasteiger partial charge is 0.398 e. The summed E-state index contributed by atoms with van der Waals surface area (Å²) in [5.41, 5.74) is 8.95. The van der Waals surface area contributed by atoms with Crippen LogP contribution in [0.15, 0.2) is 18.3 Å². The summed E-state index contributed by atoms with van der Waals surface area (Å²) in [4.78, 5) is 0. The predicted octanol–water partition coefficient (Wildman–Crippen LogP) is 3.38. The van der Waals surface area contributed by atoms with Crippen molar-refractivity contribution in [2.75, 3.05) is 5.73 Å². The van der Waals surface area contributed by atoms with E-state index in [0.29, 0.717) is 15.7 Å². The summed E-state index contributed by atoms with van der Waals surface area (Å²) in [6.45, 7) is 3.81. The number of nitrogens with zero attached hydrogens (tertiary/aromatic N) is 2. The number of nitrogen functional groups attached to an aromatic ring is 1. The molecule has 1 aromatic carbocycles. The maximum atomic E-state index is 5.98. The zero-order chi connectivity index (χ0) is 11.9. The fourth-order valence-electron chi connectivity index (χ4n) is 1.50. The van der Waals surface area contributed by atoms with E-state index in [-0.39, 0.29) is 0 Å². The number of aryl methyl sites for hydroxylation is 2. The maximum Gasteiger partial charge on any atom is 0.0819 e. The second-order valence-corrected chi connectivity index (χ2v) is 4.48. The zero-order valence-electron chi connectivity index (χ0n) is 8.96. The lowest BCUT2D eigenvalue weighted by atomic mass is 10.2. The normalized spacial score (nSPS) is 10.8. The van der Waals surface area contributed by atoms with Gasteiger partial charge in [-0.15, -0.1) is 0 Å². The Labute approximate surface area is 104 Å². The van der Waals surface area contributed by atoms with Crippen LogP contribution in [0, 0.1) is 13.8 Å². The molecule has 2 aromatic rings. The highest BCUT2D eigenvalue weighted by Gasteiger charge is 2.08. The first-order valence-electron chi connectivity index (χ1n) is 4.77. The summed E-state index contributed by atoms with van der Waals surface area (Å²) in [7, 11) is 0. The Balaban J connectivity index is 2.60. The van der Waals surface area contributed by atoms with E-state index < -0.39 is 0 Å². The monoisotopic (exact) mass is 255 g/mol. The molecule has 0 aliphatic rings. The smallest absolute Gasteiger partial charge is 0.0819 e. The van der Waals surface area contributed by atoms with Gasteiger partial charge in [0.2, 0.25) is 0 Å². The Bertz CT molecular complexity index is 527. The summed E-state index contributed by atoms with van der Waals surface area (Å²) < 4.78 is 1.71. The predicted molar refractivity (Wildman–Crippen MR) is 67.5 cm³/mol. The van der Waals surface area contributed by atoms with Gasteiger partial charge in [0.1, 0.15) is 0 Å². The second kappa shape index (κ2) is 4.00. The molecule has 0 amide bonds. The van der Waals surface area contributed by atoms with Crippen LogP contribution >= 0.6 is 23.2 Å². The van der Waals surface area contributed by atoms with Crippen LogP contribution in [0.25, 0.3) is 5.69 Å². The average molecular weight is 256 g/mol. The average Bonchev–Trinajstić information content (AvgIpc) is 2.53. The Morgan fingerprint density at radius 3 is 2.44 bits per heavy atom. The highest BCUT2D eigenvalue weighted by atomic mass is 35.5.